The average Bonchev–Trinajstić information content (AvgIpc) is 3.27. The SMILES string of the molecule is Cc1c2c(=O)n(-c3nc4ccccc4s3)[nH]c2cc(=O)n1CC1CCNCC1. The van der Waals surface area contributed by atoms with E-state index in [-0.39, 0.29) is 11.1 Å². The Hall–Kier alpha value is -2.71. The molecule has 0 spiro atoms. The largest absolute Gasteiger partial charge is 0.317 e. The van der Waals surface area contributed by atoms with E-state index in [1.807, 2.05) is 31.2 Å². The minimum absolute atomic E-state index is 0.0683. The topological polar surface area (TPSA) is 84.7 Å². The fraction of sp³-hybridized carbons (Fsp3) is 0.350. The molecule has 144 valence electrons. The summed E-state index contributed by atoms with van der Waals surface area (Å²) in [7, 11) is 0. The van der Waals surface area contributed by atoms with Crippen molar-refractivity contribution >= 4 is 32.5 Å². The van der Waals surface area contributed by atoms with Crippen LogP contribution in [0.2, 0.25) is 0 Å². The Morgan fingerprint density at radius 2 is 2.00 bits per heavy atom. The average molecular weight is 395 g/mol. The zero-order valence-corrected chi connectivity index (χ0v) is 16.4. The van der Waals surface area contributed by atoms with Gasteiger partial charge in [-0.1, -0.05) is 23.5 Å². The Morgan fingerprint density at radius 1 is 1.21 bits per heavy atom. The number of nitrogens with one attached hydrogen (secondary N) is 2. The van der Waals surface area contributed by atoms with Gasteiger partial charge in [0.05, 0.1) is 21.1 Å². The molecule has 1 aromatic carbocycles. The van der Waals surface area contributed by atoms with Crippen molar-refractivity contribution in [1.29, 1.82) is 0 Å². The molecule has 0 aliphatic carbocycles. The van der Waals surface area contributed by atoms with Crippen molar-refractivity contribution in [2.45, 2.75) is 26.3 Å². The zero-order chi connectivity index (χ0) is 19.3. The molecule has 28 heavy (non-hydrogen) atoms. The van der Waals surface area contributed by atoms with Crippen LogP contribution < -0.4 is 16.4 Å². The number of aromatic nitrogens is 4. The van der Waals surface area contributed by atoms with Crippen LogP contribution in [0, 0.1) is 12.8 Å². The van der Waals surface area contributed by atoms with Crippen LogP contribution in [0.4, 0.5) is 0 Å². The zero-order valence-electron chi connectivity index (χ0n) is 15.6. The quantitative estimate of drug-likeness (QED) is 0.558. The number of fused-ring (bicyclic) bond motifs is 2. The lowest BCUT2D eigenvalue weighted by atomic mass is 9.98. The maximum atomic E-state index is 13.2. The highest BCUT2D eigenvalue weighted by Gasteiger charge is 2.20. The monoisotopic (exact) mass is 395 g/mol. The third kappa shape index (κ3) is 2.80. The number of thiazole rings is 1. The molecule has 4 aromatic rings. The fourth-order valence-corrected chi connectivity index (χ4v) is 4.98. The highest BCUT2D eigenvalue weighted by molar-refractivity contribution is 7.20. The summed E-state index contributed by atoms with van der Waals surface area (Å²) in [4.78, 5) is 30.4. The normalized spacial score (nSPS) is 15.6. The number of benzene rings is 1. The van der Waals surface area contributed by atoms with Gasteiger partial charge in [0.15, 0.2) is 0 Å². The summed E-state index contributed by atoms with van der Waals surface area (Å²) < 4.78 is 4.23. The summed E-state index contributed by atoms with van der Waals surface area (Å²) in [6, 6.07) is 9.33. The molecule has 1 fully saturated rings. The highest BCUT2D eigenvalue weighted by Crippen LogP contribution is 2.24. The van der Waals surface area contributed by atoms with Crippen molar-refractivity contribution in [1.82, 2.24) is 24.6 Å². The van der Waals surface area contributed by atoms with Gasteiger partial charge in [0, 0.05) is 18.3 Å². The molecule has 8 heteroatoms. The van der Waals surface area contributed by atoms with Crippen LogP contribution in [0.5, 0.6) is 0 Å². The second kappa shape index (κ2) is 6.72. The van der Waals surface area contributed by atoms with Crippen LogP contribution in [0.15, 0.2) is 39.9 Å². The Labute approximate surface area is 164 Å². The third-order valence-corrected chi connectivity index (χ3v) is 6.61. The van der Waals surface area contributed by atoms with Crippen LogP contribution in [0.3, 0.4) is 0 Å². The fourth-order valence-electron chi connectivity index (χ4n) is 4.05. The van der Waals surface area contributed by atoms with Crippen LogP contribution in [-0.2, 0) is 6.54 Å². The second-order valence-electron chi connectivity index (χ2n) is 7.38. The van der Waals surface area contributed by atoms with Gasteiger partial charge >= 0.3 is 0 Å². The molecule has 5 rings (SSSR count). The lowest BCUT2D eigenvalue weighted by Gasteiger charge is -2.24. The van der Waals surface area contributed by atoms with Crippen LogP contribution >= 0.6 is 11.3 Å². The van der Waals surface area contributed by atoms with Gasteiger partial charge in [0.2, 0.25) is 5.13 Å². The van der Waals surface area contributed by atoms with E-state index in [4.69, 9.17) is 0 Å². The number of pyridine rings is 1. The number of aryl methyl sites for hydroxylation is 1. The van der Waals surface area contributed by atoms with Crippen molar-refractivity contribution in [2.75, 3.05) is 13.1 Å². The number of piperidine rings is 1. The predicted molar refractivity (Wildman–Crippen MR) is 112 cm³/mol. The molecule has 0 unspecified atom stereocenters. The molecule has 7 nitrogen and oxygen atoms in total. The van der Waals surface area contributed by atoms with Gasteiger partial charge in [-0.25, -0.2) is 4.98 Å². The Kier molecular flexibility index (Phi) is 4.17. The Morgan fingerprint density at radius 3 is 2.79 bits per heavy atom. The molecule has 0 bridgehead atoms. The van der Waals surface area contributed by atoms with Crippen LogP contribution in [0.1, 0.15) is 18.5 Å². The number of hydrogen-bond donors (Lipinski definition) is 2. The van der Waals surface area contributed by atoms with Crippen LogP contribution in [0.25, 0.3) is 26.3 Å². The molecule has 0 atom stereocenters. The summed E-state index contributed by atoms with van der Waals surface area (Å²) in [5.41, 5.74) is 1.91. The van der Waals surface area contributed by atoms with Gasteiger partial charge in [-0.15, -0.1) is 0 Å². The van der Waals surface area contributed by atoms with E-state index in [0.717, 1.165) is 41.8 Å². The van der Waals surface area contributed by atoms with Gasteiger partial charge in [0.25, 0.3) is 11.1 Å². The van der Waals surface area contributed by atoms with Gasteiger partial charge in [0.1, 0.15) is 0 Å². The molecule has 2 N–H and O–H groups in total. The van der Waals surface area contributed by atoms with E-state index >= 15 is 0 Å². The molecule has 0 amide bonds. The van der Waals surface area contributed by atoms with Crippen molar-refractivity contribution < 1.29 is 0 Å². The first-order valence-electron chi connectivity index (χ1n) is 9.53. The lowest BCUT2D eigenvalue weighted by molar-refractivity contribution is 0.328. The molecule has 4 heterocycles. The van der Waals surface area contributed by atoms with Gasteiger partial charge in [-0.3, -0.25) is 14.7 Å². The molecular weight excluding hydrogens is 374 g/mol. The number of aromatic amines is 1. The summed E-state index contributed by atoms with van der Waals surface area (Å²) in [6.07, 6.45) is 2.10. The number of H-pyrrole nitrogens is 1. The standard InChI is InChI=1S/C20H21N5O2S/c1-12-18-15(10-17(26)24(12)11-13-6-8-21-9-7-13)23-25(19(18)27)20-22-14-4-2-3-5-16(14)28-20/h2-5,10,13,21,23H,6-9,11H2,1H3. The van der Waals surface area contributed by atoms with Crippen molar-refractivity contribution in [2.24, 2.45) is 5.92 Å². The van der Waals surface area contributed by atoms with Crippen LogP contribution in [-0.4, -0.2) is 32.4 Å². The van der Waals surface area contributed by atoms with E-state index in [1.54, 1.807) is 4.57 Å². The first-order chi connectivity index (χ1) is 13.6. The summed E-state index contributed by atoms with van der Waals surface area (Å²) in [5.74, 6) is 0.459. The number of rotatable bonds is 3. The van der Waals surface area contributed by atoms with Gasteiger partial charge < -0.3 is 9.88 Å². The van der Waals surface area contributed by atoms with E-state index < -0.39 is 0 Å². The number of para-hydroxylation sites is 1. The minimum atomic E-state index is -0.161. The molecule has 1 aliphatic heterocycles. The minimum Gasteiger partial charge on any atom is -0.317 e. The molecule has 3 aromatic heterocycles. The van der Waals surface area contributed by atoms with E-state index in [2.05, 4.69) is 15.4 Å². The molecule has 0 radical (unpaired) electrons. The van der Waals surface area contributed by atoms with E-state index in [0.29, 0.717) is 28.5 Å². The highest BCUT2D eigenvalue weighted by atomic mass is 32.1. The van der Waals surface area contributed by atoms with E-state index in [9.17, 15) is 9.59 Å². The second-order valence-corrected chi connectivity index (χ2v) is 8.39. The first-order valence-corrected chi connectivity index (χ1v) is 10.4. The van der Waals surface area contributed by atoms with Gasteiger partial charge in [-0.2, -0.15) is 4.68 Å². The van der Waals surface area contributed by atoms with Crippen molar-refractivity contribution in [3.63, 3.8) is 0 Å². The smallest absolute Gasteiger partial charge is 0.282 e. The van der Waals surface area contributed by atoms with Crippen molar-refractivity contribution in [3.05, 3.63) is 56.7 Å². The molecular formula is C20H21N5O2S. The Bertz CT molecular complexity index is 1260. The number of hydrogen-bond acceptors (Lipinski definition) is 5. The van der Waals surface area contributed by atoms with Crippen molar-refractivity contribution in [3.8, 4) is 5.13 Å². The summed E-state index contributed by atoms with van der Waals surface area (Å²) in [5, 5.41) is 7.58. The van der Waals surface area contributed by atoms with E-state index in [1.165, 1.54) is 22.1 Å². The first kappa shape index (κ1) is 17.4. The lowest BCUT2D eigenvalue weighted by Crippen LogP contribution is -2.33. The summed E-state index contributed by atoms with van der Waals surface area (Å²) in [6.45, 7) is 4.49. The molecule has 0 saturated carbocycles. The third-order valence-electron chi connectivity index (χ3n) is 5.59. The number of nitrogens with zero attached hydrogens (tertiary/aromatic N) is 3. The maximum Gasteiger partial charge on any atom is 0.282 e. The summed E-state index contributed by atoms with van der Waals surface area (Å²) >= 11 is 1.45. The maximum absolute atomic E-state index is 13.2. The Balaban J connectivity index is 1.63. The molecule has 1 aliphatic rings. The predicted octanol–water partition coefficient (Wildman–Crippen LogP) is 2.40. The molecule has 1 saturated heterocycles. The van der Waals surface area contributed by atoms with Gasteiger partial charge in [-0.05, 0) is 50.9 Å².